The zero-order valence-corrected chi connectivity index (χ0v) is 15.4. The molecule has 0 saturated heterocycles. The van der Waals surface area contributed by atoms with Crippen LogP contribution in [0.5, 0.6) is 0 Å². The summed E-state index contributed by atoms with van der Waals surface area (Å²) in [7, 11) is -3.47. The number of aromatic nitrogens is 4. The first-order chi connectivity index (χ1) is 12.9. The van der Waals surface area contributed by atoms with Gasteiger partial charge in [-0.3, -0.25) is 0 Å². The van der Waals surface area contributed by atoms with Crippen molar-refractivity contribution in [3.8, 4) is 11.3 Å². The zero-order valence-electron chi connectivity index (χ0n) is 14.6. The second-order valence-electron chi connectivity index (χ2n) is 6.00. The third kappa shape index (κ3) is 5.25. The SMILES string of the molecule is Nc1c(-c2ccnc(NCCCS(N)(=O)=O)n2)cnn1Cc1ccccc1. The third-order valence-corrected chi connectivity index (χ3v) is 4.73. The predicted octanol–water partition coefficient (Wildman–Crippen LogP) is 1.06. The first-order valence-electron chi connectivity index (χ1n) is 8.35. The van der Waals surface area contributed by atoms with Crippen molar-refractivity contribution in [1.29, 1.82) is 0 Å². The monoisotopic (exact) mass is 387 g/mol. The lowest BCUT2D eigenvalue weighted by Crippen LogP contribution is -2.19. The van der Waals surface area contributed by atoms with E-state index < -0.39 is 10.0 Å². The molecule has 142 valence electrons. The molecule has 0 aliphatic rings. The first-order valence-corrected chi connectivity index (χ1v) is 10.1. The molecule has 0 amide bonds. The van der Waals surface area contributed by atoms with Crippen LogP contribution in [0, 0.1) is 0 Å². The lowest BCUT2D eigenvalue weighted by atomic mass is 10.2. The molecule has 0 aliphatic carbocycles. The number of hydrogen-bond acceptors (Lipinski definition) is 7. The molecule has 0 unspecified atom stereocenters. The van der Waals surface area contributed by atoms with Crippen LogP contribution in [0.25, 0.3) is 11.3 Å². The molecule has 2 heterocycles. The molecule has 0 spiro atoms. The Morgan fingerprint density at radius 3 is 2.67 bits per heavy atom. The summed E-state index contributed by atoms with van der Waals surface area (Å²) in [6.07, 6.45) is 3.65. The second kappa shape index (κ2) is 8.14. The van der Waals surface area contributed by atoms with E-state index in [0.29, 0.717) is 42.5 Å². The largest absolute Gasteiger partial charge is 0.383 e. The van der Waals surface area contributed by atoms with Gasteiger partial charge < -0.3 is 11.1 Å². The molecule has 0 radical (unpaired) electrons. The van der Waals surface area contributed by atoms with Gasteiger partial charge in [-0.25, -0.2) is 28.2 Å². The molecular formula is C17H21N7O2S. The van der Waals surface area contributed by atoms with E-state index in [1.807, 2.05) is 30.3 Å². The van der Waals surface area contributed by atoms with E-state index in [-0.39, 0.29) is 5.75 Å². The minimum absolute atomic E-state index is 0.0983. The molecule has 3 aromatic rings. The van der Waals surface area contributed by atoms with E-state index in [4.69, 9.17) is 10.9 Å². The van der Waals surface area contributed by atoms with Gasteiger partial charge in [0.15, 0.2) is 0 Å². The minimum Gasteiger partial charge on any atom is -0.383 e. The number of nitrogens with two attached hydrogens (primary N) is 2. The summed E-state index contributed by atoms with van der Waals surface area (Å²) in [4.78, 5) is 8.55. The molecule has 1 aromatic carbocycles. The predicted molar refractivity (Wildman–Crippen MR) is 104 cm³/mol. The van der Waals surface area contributed by atoms with Gasteiger partial charge in [0, 0.05) is 12.7 Å². The fourth-order valence-electron chi connectivity index (χ4n) is 2.54. The Morgan fingerprint density at radius 1 is 1.15 bits per heavy atom. The van der Waals surface area contributed by atoms with Crippen LogP contribution in [0.1, 0.15) is 12.0 Å². The number of anilines is 2. The Labute approximate surface area is 157 Å². The number of primary sulfonamides is 1. The summed E-state index contributed by atoms with van der Waals surface area (Å²) >= 11 is 0. The smallest absolute Gasteiger partial charge is 0.223 e. The second-order valence-corrected chi connectivity index (χ2v) is 7.73. The maximum absolute atomic E-state index is 10.9. The Hall–Kier alpha value is -2.98. The molecule has 27 heavy (non-hydrogen) atoms. The van der Waals surface area contributed by atoms with E-state index in [9.17, 15) is 8.42 Å². The highest BCUT2D eigenvalue weighted by atomic mass is 32.2. The van der Waals surface area contributed by atoms with Gasteiger partial charge in [0.1, 0.15) is 5.82 Å². The number of hydrogen-bond donors (Lipinski definition) is 3. The van der Waals surface area contributed by atoms with Gasteiger partial charge in [0.2, 0.25) is 16.0 Å². The van der Waals surface area contributed by atoms with Crippen LogP contribution >= 0.6 is 0 Å². The maximum atomic E-state index is 10.9. The van der Waals surface area contributed by atoms with Crippen molar-refractivity contribution in [3.63, 3.8) is 0 Å². The van der Waals surface area contributed by atoms with Gasteiger partial charge in [0.05, 0.1) is 29.8 Å². The number of sulfonamides is 1. The van der Waals surface area contributed by atoms with Crippen LogP contribution in [0.15, 0.2) is 48.8 Å². The molecule has 0 atom stereocenters. The summed E-state index contributed by atoms with van der Waals surface area (Å²) in [5, 5.41) is 12.3. The average Bonchev–Trinajstić information content (AvgIpc) is 3.00. The fraction of sp³-hybridized carbons (Fsp3) is 0.235. The van der Waals surface area contributed by atoms with E-state index in [1.54, 1.807) is 23.1 Å². The first kappa shape index (κ1) is 18.8. The summed E-state index contributed by atoms with van der Waals surface area (Å²) < 4.78 is 23.6. The Morgan fingerprint density at radius 2 is 1.93 bits per heavy atom. The number of benzene rings is 1. The Bertz CT molecular complexity index is 1000. The zero-order chi connectivity index (χ0) is 19.3. The van der Waals surface area contributed by atoms with Crippen molar-refractivity contribution in [2.45, 2.75) is 13.0 Å². The number of nitrogen functional groups attached to an aromatic ring is 1. The van der Waals surface area contributed by atoms with Gasteiger partial charge in [-0.1, -0.05) is 30.3 Å². The fourth-order valence-corrected chi connectivity index (χ4v) is 3.09. The summed E-state index contributed by atoms with van der Waals surface area (Å²) in [6, 6.07) is 11.7. The third-order valence-electron chi connectivity index (χ3n) is 3.88. The van der Waals surface area contributed by atoms with Gasteiger partial charge >= 0.3 is 0 Å². The lowest BCUT2D eigenvalue weighted by Gasteiger charge is -2.07. The van der Waals surface area contributed by atoms with Crippen molar-refractivity contribution in [1.82, 2.24) is 19.7 Å². The van der Waals surface area contributed by atoms with Crippen molar-refractivity contribution < 1.29 is 8.42 Å². The molecule has 0 aliphatic heterocycles. The van der Waals surface area contributed by atoms with Crippen LogP contribution in [0.2, 0.25) is 0 Å². The number of rotatable bonds is 8. The van der Waals surface area contributed by atoms with Crippen LogP contribution in [0.3, 0.4) is 0 Å². The summed E-state index contributed by atoms with van der Waals surface area (Å²) in [5.74, 6) is 0.800. The average molecular weight is 387 g/mol. The molecule has 10 heteroatoms. The highest BCUT2D eigenvalue weighted by Crippen LogP contribution is 2.24. The van der Waals surface area contributed by atoms with Crippen molar-refractivity contribution in [2.24, 2.45) is 5.14 Å². The highest BCUT2D eigenvalue weighted by Gasteiger charge is 2.12. The maximum Gasteiger partial charge on any atom is 0.223 e. The molecule has 0 saturated carbocycles. The van der Waals surface area contributed by atoms with Gasteiger partial charge in [0.25, 0.3) is 0 Å². The van der Waals surface area contributed by atoms with E-state index in [1.165, 1.54) is 0 Å². The highest BCUT2D eigenvalue weighted by molar-refractivity contribution is 7.89. The Kier molecular flexibility index (Phi) is 5.67. The van der Waals surface area contributed by atoms with Crippen LogP contribution in [0.4, 0.5) is 11.8 Å². The van der Waals surface area contributed by atoms with Crippen molar-refractivity contribution in [3.05, 3.63) is 54.4 Å². The van der Waals surface area contributed by atoms with Gasteiger partial charge in [-0.15, -0.1) is 0 Å². The van der Waals surface area contributed by atoms with Gasteiger partial charge in [-0.05, 0) is 18.1 Å². The molecule has 0 fully saturated rings. The van der Waals surface area contributed by atoms with Crippen molar-refractivity contribution >= 4 is 21.8 Å². The molecule has 9 nitrogen and oxygen atoms in total. The lowest BCUT2D eigenvalue weighted by molar-refractivity contribution is 0.595. The minimum atomic E-state index is -3.47. The Balaban J connectivity index is 1.70. The summed E-state index contributed by atoms with van der Waals surface area (Å²) in [5.41, 5.74) is 8.68. The normalized spacial score (nSPS) is 11.4. The van der Waals surface area contributed by atoms with Crippen molar-refractivity contribution in [2.75, 3.05) is 23.3 Å². The van der Waals surface area contributed by atoms with E-state index in [0.717, 1.165) is 5.56 Å². The summed E-state index contributed by atoms with van der Waals surface area (Å²) in [6.45, 7) is 0.957. The molecule has 0 bridgehead atoms. The number of nitrogens with zero attached hydrogens (tertiary/aromatic N) is 4. The van der Waals surface area contributed by atoms with E-state index in [2.05, 4.69) is 20.4 Å². The van der Waals surface area contributed by atoms with Gasteiger partial charge in [-0.2, -0.15) is 5.10 Å². The molecule has 5 N–H and O–H groups in total. The van der Waals surface area contributed by atoms with E-state index >= 15 is 0 Å². The standard InChI is InChI=1S/C17H21N7O2S/c18-16-14(11-22-24(16)12-13-5-2-1-3-6-13)15-7-9-21-17(23-15)20-8-4-10-27(19,25)26/h1-3,5-7,9,11H,4,8,10,12,18H2,(H2,19,25,26)(H,20,21,23). The van der Waals surface area contributed by atoms with Crippen LogP contribution in [-0.4, -0.2) is 40.5 Å². The van der Waals surface area contributed by atoms with Crippen LogP contribution in [-0.2, 0) is 16.6 Å². The quantitative estimate of drug-likeness (QED) is 0.491. The molecule has 3 rings (SSSR count). The van der Waals surface area contributed by atoms with Crippen LogP contribution < -0.4 is 16.2 Å². The topological polar surface area (TPSA) is 142 Å². The number of nitrogens with one attached hydrogen (secondary N) is 1. The molecule has 2 aromatic heterocycles. The molecular weight excluding hydrogens is 366 g/mol.